The largest absolute Gasteiger partial charge is 0.478 e. The predicted octanol–water partition coefficient (Wildman–Crippen LogP) is 3.90. The maximum Gasteiger partial charge on any atom is 0.352 e. The molecular formula is C15H11Cl2NO4S. The van der Waals surface area contributed by atoms with Gasteiger partial charge >= 0.3 is 5.97 Å². The summed E-state index contributed by atoms with van der Waals surface area (Å²) in [6.45, 7) is 0. The lowest BCUT2D eigenvalue weighted by molar-refractivity contribution is -0.141. The molecule has 0 aromatic heterocycles. The van der Waals surface area contributed by atoms with E-state index in [4.69, 9.17) is 43.5 Å². The molecule has 5 nitrogen and oxygen atoms in total. The molecule has 120 valence electrons. The SMILES string of the molecule is NC(=S)C(Oc1ccc(Oc2ccc(Cl)cc2Cl)cc1)C(=O)O. The van der Waals surface area contributed by atoms with Crippen LogP contribution in [0.2, 0.25) is 10.0 Å². The van der Waals surface area contributed by atoms with E-state index in [1.807, 2.05) is 0 Å². The molecular weight excluding hydrogens is 361 g/mol. The van der Waals surface area contributed by atoms with Crippen LogP contribution < -0.4 is 15.2 Å². The minimum Gasteiger partial charge on any atom is -0.478 e. The number of rotatable bonds is 6. The van der Waals surface area contributed by atoms with Crippen molar-refractivity contribution in [3.63, 3.8) is 0 Å². The third kappa shape index (κ3) is 4.72. The van der Waals surface area contributed by atoms with E-state index < -0.39 is 12.1 Å². The van der Waals surface area contributed by atoms with Crippen molar-refractivity contribution in [2.75, 3.05) is 0 Å². The Morgan fingerprint density at radius 2 is 1.74 bits per heavy atom. The maximum atomic E-state index is 11.0. The molecule has 0 aliphatic heterocycles. The molecule has 1 atom stereocenters. The van der Waals surface area contributed by atoms with Crippen molar-refractivity contribution in [2.24, 2.45) is 5.73 Å². The lowest BCUT2D eigenvalue weighted by Gasteiger charge is -2.14. The summed E-state index contributed by atoms with van der Waals surface area (Å²) in [6, 6.07) is 11.1. The number of hydrogen-bond acceptors (Lipinski definition) is 4. The molecule has 0 saturated heterocycles. The minimum absolute atomic E-state index is 0.259. The lowest BCUT2D eigenvalue weighted by Crippen LogP contribution is -2.39. The molecule has 0 aliphatic rings. The van der Waals surface area contributed by atoms with Crippen LogP contribution in [-0.2, 0) is 4.79 Å². The lowest BCUT2D eigenvalue weighted by atomic mass is 10.3. The topological polar surface area (TPSA) is 81.8 Å². The molecule has 8 heteroatoms. The summed E-state index contributed by atoms with van der Waals surface area (Å²) in [5, 5.41) is 9.84. The van der Waals surface area contributed by atoms with E-state index in [9.17, 15) is 4.79 Å². The van der Waals surface area contributed by atoms with Crippen LogP contribution in [0.1, 0.15) is 0 Å². The van der Waals surface area contributed by atoms with Gasteiger partial charge in [-0.25, -0.2) is 4.79 Å². The number of carboxylic acids is 1. The van der Waals surface area contributed by atoms with Gasteiger partial charge in [-0.05, 0) is 42.5 Å². The summed E-state index contributed by atoms with van der Waals surface area (Å²) >= 11 is 16.5. The van der Waals surface area contributed by atoms with Crippen LogP contribution in [0, 0.1) is 0 Å². The van der Waals surface area contributed by atoms with Gasteiger partial charge in [0, 0.05) is 5.02 Å². The molecule has 0 spiro atoms. The highest BCUT2D eigenvalue weighted by atomic mass is 35.5. The van der Waals surface area contributed by atoms with Gasteiger partial charge in [0.05, 0.1) is 5.02 Å². The van der Waals surface area contributed by atoms with Crippen LogP contribution in [-0.4, -0.2) is 22.2 Å². The molecule has 23 heavy (non-hydrogen) atoms. The normalized spacial score (nSPS) is 11.6. The van der Waals surface area contributed by atoms with E-state index in [0.717, 1.165) is 0 Å². The van der Waals surface area contributed by atoms with Gasteiger partial charge in [0.2, 0.25) is 6.10 Å². The fourth-order valence-corrected chi connectivity index (χ4v) is 2.23. The molecule has 1 unspecified atom stereocenters. The molecule has 3 N–H and O–H groups in total. The highest BCUT2D eigenvalue weighted by molar-refractivity contribution is 7.80. The molecule has 2 aromatic carbocycles. The van der Waals surface area contributed by atoms with Crippen molar-refractivity contribution in [1.82, 2.24) is 0 Å². The Balaban J connectivity index is 2.10. The molecule has 0 heterocycles. The highest BCUT2D eigenvalue weighted by Crippen LogP contribution is 2.32. The maximum absolute atomic E-state index is 11.0. The second-order valence-corrected chi connectivity index (χ2v) is 5.70. The summed E-state index contributed by atoms with van der Waals surface area (Å²) < 4.78 is 10.8. The van der Waals surface area contributed by atoms with Crippen molar-refractivity contribution in [2.45, 2.75) is 6.10 Å². The molecule has 0 radical (unpaired) electrons. The summed E-state index contributed by atoms with van der Waals surface area (Å²) in [5.74, 6) is -0.0365. The number of aliphatic carboxylic acids is 1. The van der Waals surface area contributed by atoms with Gasteiger partial charge in [-0.2, -0.15) is 0 Å². The number of carbonyl (C=O) groups is 1. The minimum atomic E-state index is -1.39. The Morgan fingerprint density at radius 1 is 1.13 bits per heavy atom. The van der Waals surface area contributed by atoms with E-state index in [2.05, 4.69) is 12.2 Å². The van der Waals surface area contributed by atoms with Crippen LogP contribution in [0.15, 0.2) is 42.5 Å². The smallest absolute Gasteiger partial charge is 0.352 e. The van der Waals surface area contributed by atoms with Gasteiger partial charge in [-0.3, -0.25) is 0 Å². The van der Waals surface area contributed by atoms with Crippen molar-refractivity contribution >= 4 is 46.4 Å². The fourth-order valence-electron chi connectivity index (χ4n) is 1.64. The first-order valence-electron chi connectivity index (χ1n) is 6.28. The van der Waals surface area contributed by atoms with E-state index in [-0.39, 0.29) is 4.99 Å². The molecule has 0 saturated carbocycles. The quantitative estimate of drug-likeness (QED) is 0.749. The van der Waals surface area contributed by atoms with Gasteiger partial charge in [0.1, 0.15) is 22.2 Å². The Kier molecular flexibility index (Phi) is 5.65. The van der Waals surface area contributed by atoms with Crippen LogP contribution in [0.4, 0.5) is 0 Å². The number of halogens is 2. The summed E-state index contributed by atoms with van der Waals surface area (Å²) in [4.78, 5) is 10.7. The zero-order valence-electron chi connectivity index (χ0n) is 11.5. The van der Waals surface area contributed by atoms with Gasteiger partial charge in [-0.15, -0.1) is 0 Å². The summed E-state index contributed by atoms with van der Waals surface area (Å²) in [6.07, 6.45) is -1.39. The van der Waals surface area contributed by atoms with Gasteiger partial charge in [-0.1, -0.05) is 35.4 Å². The number of ether oxygens (including phenoxy) is 2. The number of carboxylic acid groups (broad SMARTS) is 1. The van der Waals surface area contributed by atoms with Gasteiger partial charge in [0.25, 0.3) is 0 Å². The number of nitrogens with two attached hydrogens (primary N) is 1. The third-order valence-electron chi connectivity index (χ3n) is 2.68. The van der Waals surface area contributed by atoms with Crippen LogP contribution in [0.5, 0.6) is 17.2 Å². The zero-order valence-corrected chi connectivity index (χ0v) is 13.9. The van der Waals surface area contributed by atoms with Crippen molar-refractivity contribution in [3.8, 4) is 17.2 Å². The van der Waals surface area contributed by atoms with Crippen LogP contribution in [0.25, 0.3) is 0 Å². The van der Waals surface area contributed by atoms with Crippen molar-refractivity contribution < 1.29 is 19.4 Å². The van der Waals surface area contributed by atoms with E-state index in [1.54, 1.807) is 30.3 Å². The fraction of sp³-hybridized carbons (Fsp3) is 0.0667. The Labute approximate surface area is 147 Å². The number of benzene rings is 2. The van der Waals surface area contributed by atoms with E-state index in [0.29, 0.717) is 27.3 Å². The average Bonchev–Trinajstić information content (AvgIpc) is 2.48. The highest BCUT2D eigenvalue weighted by Gasteiger charge is 2.22. The first-order valence-corrected chi connectivity index (χ1v) is 7.45. The monoisotopic (exact) mass is 371 g/mol. The first-order chi connectivity index (χ1) is 10.9. The average molecular weight is 372 g/mol. The molecule has 2 rings (SSSR count). The second-order valence-electron chi connectivity index (χ2n) is 4.39. The second kappa shape index (κ2) is 7.50. The molecule has 0 bridgehead atoms. The number of hydrogen-bond donors (Lipinski definition) is 2. The van der Waals surface area contributed by atoms with Crippen molar-refractivity contribution in [3.05, 3.63) is 52.5 Å². The van der Waals surface area contributed by atoms with E-state index >= 15 is 0 Å². The molecule has 2 aromatic rings. The Morgan fingerprint density at radius 3 is 2.26 bits per heavy atom. The Bertz CT molecular complexity index is 723. The number of thiocarbonyl (C=S) groups is 1. The first kappa shape index (κ1) is 17.3. The summed E-state index contributed by atoms with van der Waals surface area (Å²) in [5.41, 5.74) is 5.32. The molecule has 0 amide bonds. The van der Waals surface area contributed by atoms with Crippen LogP contribution in [0.3, 0.4) is 0 Å². The van der Waals surface area contributed by atoms with Gasteiger partial charge < -0.3 is 20.3 Å². The predicted molar refractivity (Wildman–Crippen MR) is 91.8 cm³/mol. The molecule has 0 fully saturated rings. The van der Waals surface area contributed by atoms with Crippen LogP contribution >= 0.6 is 35.4 Å². The summed E-state index contributed by atoms with van der Waals surface area (Å²) in [7, 11) is 0. The molecule has 0 aliphatic carbocycles. The Hall–Kier alpha value is -2.02. The van der Waals surface area contributed by atoms with Crippen molar-refractivity contribution in [1.29, 1.82) is 0 Å². The zero-order chi connectivity index (χ0) is 17.0. The third-order valence-corrected chi connectivity index (χ3v) is 3.43. The van der Waals surface area contributed by atoms with Gasteiger partial charge in [0.15, 0.2) is 0 Å². The van der Waals surface area contributed by atoms with E-state index in [1.165, 1.54) is 12.1 Å². The standard InChI is InChI=1S/C15H11Cl2NO4S/c16-8-1-6-12(11(17)7-8)21-9-2-4-10(5-3-9)22-13(14(18)23)15(19)20/h1-7,13H,(H2,18,23)(H,19,20).